The minimum atomic E-state index is -3.52. The number of aryl methyl sites for hydroxylation is 4. The maximum absolute atomic E-state index is 12.1. The van der Waals surface area contributed by atoms with Crippen molar-refractivity contribution in [1.82, 2.24) is 0 Å². The summed E-state index contributed by atoms with van der Waals surface area (Å²) in [5, 5.41) is 1.22. The van der Waals surface area contributed by atoms with Gasteiger partial charge in [0.05, 0.1) is 5.41 Å². The first kappa shape index (κ1) is 16.3. The van der Waals surface area contributed by atoms with Crippen LogP contribution in [0.4, 0.5) is 5.69 Å². The highest BCUT2D eigenvalue weighted by Gasteiger charge is 2.07. The van der Waals surface area contributed by atoms with Gasteiger partial charge in [0.25, 0.3) is 10.0 Å². The van der Waals surface area contributed by atoms with E-state index in [1.165, 1.54) is 11.0 Å². The third kappa shape index (κ3) is 4.21. The molecule has 2 aromatic rings. The van der Waals surface area contributed by atoms with Crippen LogP contribution in [0.15, 0.2) is 41.8 Å². The third-order valence-electron chi connectivity index (χ3n) is 3.46. The number of nitrogens with one attached hydrogen (secondary N) is 1. The zero-order chi connectivity index (χ0) is 16.3. The molecular formula is C18H21NO2S. The first-order valence-electron chi connectivity index (χ1n) is 7.12. The molecule has 0 aromatic heterocycles. The standard InChI is InChI=1S/C18H21NO2S/c1-13-5-7-17(8-6-13)19-22(20,21)10-9-18-15(3)11-14(2)12-16(18)4/h5-12,19H,1-4H3. The Balaban J connectivity index is 2.23. The van der Waals surface area contributed by atoms with E-state index in [1.807, 2.05) is 52.0 Å². The number of hydrogen-bond acceptors (Lipinski definition) is 2. The van der Waals surface area contributed by atoms with E-state index in [4.69, 9.17) is 0 Å². The van der Waals surface area contributed by atoms with Gasteiger partial charge < -0.3 is 0 Å². The average molecular weight is 315 g/mol. The Bertz CT molecular complexity index is 780. The van der Waals surface area contributed by atoms with Crippen LogP contribution in [0.5, 0.6) is 0 Å². The van der Waals surface area contributed by atoms with E-state index in [9.17, 15) is 8.42 Å². The van der Waals surface area contributed by atoms with Crippen molar-refractivity contribution in [2.24, 2.45) is 0 Å². The van der Waals surface area contributed by atoms with Crippen molar-refractivity contribution in [3.8, 4) is 0 Å². The fourth-order valence-electron chi connectivity index (χ4n) is 2.43. The van der Waals surface area contributed by atoms with E-state index in [0.717, 1.165) is 22.3 Å². The maximum atomic E-state index is 12.1. The Hall–Kier alpha value is -2.07. The summed E-state index contributed by atoms with van der Waals surface area (Å²) in [6.45, 7) is 7.96. The van der Waals surface area contributed by atoms with Crippen LogP contribution >= 0.6 is 0 Å². The molecule has 0 heterocycles. The molecule has 0 aliphatic heterocycles. The van der Waals surface area contributed by atoms with Gasteiger partial charge in [-0.15, -0.1) is 0 Å². The van der Waals surface area contributed by atoms with Crippen molar-refractivity contribution in [1.29, 1.82) is 0 Å². The molecule has 116 valence electrons. The maximum Gasteiger partial charge on any atom is 0.255 e. The number of hydrogen-bond donors (Lipinski definition) is 1. The lowest BCUT2D eigenvalue weighted by molar-refractivity contribution is 0.609. The highest BCUT2D eigenvalue weighted by molar-refractivity contribution is 7.95. The molecule has 0 radical (unpaired) electrons. The molecule has 0 spiro atoms. The second-order valence-electron chi connectivity index (χ2n) is 5.63. The molecule has 2 rings (SSSR count). The summed E-state index contributed by atoms with van der Waals surface area (Å²) in [5.74, 6) is 0. The lowest BCUT2D eigenvalue weighted by Crippen LogP contribution is -2.08. The quantitative estimate of drug-likeness (QED) is 0.912. The Morgan fingerprint density at radius 1 is 0.864 bits per heavy atom. The zero-order valence-corrected chi connectivity index (χ0v) is 14.2. The molecule has 0 amide bonds. The van der Waals surface area contributed by atoms with Crippen molar-refractivity contribution < 1.29 is 8.42 Å². The number of sulfonamides is 1. The van der Waals surface area contributed by atoms with Gasteiger partial charge in [-0.2, -0.15) is 0 Å². The predicted octanol–water partition coefficient (Wildman–Crippen LogP) is 4.33. The second kappa shape index (κ2) is 6.36. The molecule has 22 heavy (non-hydrogen) atoms. The summed E-state index contributed by atoms with van der Waals surface area (Å²) in [6, 6.07) is 11.3. The predicted molar refractivity (Wildman–Crippen MR) is 93.4 cm³/mol. The normalized spacial score (nSPS) is 11.8. The average Bonchev–Trinajstić information content (AvgIpc) is 2.40. The van der Waals surface area contributed by atoms with Gasteiger partial charge in [0.15, 0.2) is 0 Å². The van der Waals surface area contributed by atoms with Gasteiger partial charge in [-0.3, -0.25) is 4.72 Å². The van der Waals surface area contributed by atoms with Crippen LogP contribution in [0.2, 0.25) is 0 Å². The van der Waals surface area contributed by atoms with Crippen LogP contribution in [0.3, 0.4) is 0 Å². The van der Waals surface area contributed by atoms with Crippen molar-refractivity contribution in [2.45, 2.75) is 27.7 Å². The Morgan fingerprint density at radius 2 is 1.41 bits per heavy atom. The second-order valence-corrected chi connectivity index (χ2v) is 7.19. The van der Waals surface area contributed by atoms with E-state index < -0.39 is 10.0 Å². The fraction of sp³-hybridized carbons (Fsp3) is 0.222. The number of rotatable bonds is 4. The molecule has 0 atom stereocenters. The minimum Gasteiger partial charge on any atom is -0.280 e. The van der Waals surface area contributed by atoms with E-state index >= 15 is 0 Å². The molecule has 0 unspecified atom stereocenters. The smallest absolute Gasteiger partial charge is 0.255 e. The Kier molecular flexibility index (Phi) is 4.71. The van der Waals surface area contributed by atoms with E-state index in [2.05, 4.69) is 4.72 Å². The summed E-state index contributed by atoms with van der Waals surface area (Å²) in [7, 11) is -3.52. The van der Waals surface area contributed by atoms with Crippen LogP contribution in [-0.4, -0.2) is 8.42 Å². The van der Waals surface area contributed by atoms with Gasteiger partial charge in [-0.25, -0.2) is 8.42 Å². The SMILES string of the molecule is Cc1ccc(NS(=O)(=O)C=Cc2c(C)cc(C)cc2C)cc1. The monoisotopic (exact) mass is 315 g/mol. The molecule has 0 aliphatic rings. The summed E-state index contributed by atoms with van der Waals surface area (Å²) < 4.78 is 26.9. The van der Waals surface area contributed by atoms with Crippen LogP contribution in [0.25, 0.3) is 6.08 Å². The highest BCUT2D eigenvalue weighted by Crippen LogP contribution is 2.19. The zero-order valence-electron chi connectivity index (χ0n) is 13.3. The van der Waals surface area contributed by atoms with Crippen molar-refractivity contribution in [3.63, 3.8) is 0 Å². The number of anilines is 1. The number of benzene rings is 2. The molecule has 4 heteroatoms. The van der Waals surface area contributed by atoms with Crippen LogP contribution in [0, 0.1) is 27.7 Å². The van der Waals surface area contributed by atoms with Gasteiger partial charge in [0.2, 0.25) is 0 Å². The van der Waals surface area contributed by atoms with Gasteiger partial charge in [0, 0.05) is 5.69 Å². The van der Waals surface area contributed by atoms with Crippen LogP contribution in [-0.2, 0) is 10.0 Å². The molecule has 0 bridgehead atoms. The largest absolute Gasteiger partial charge is 0.280 e. The molecule has 3 nitrogen and oxygen atoms in total. The summed E-state index contributed by atoms with van der Waals surface area (Å²) >= 11 is 0. The Morgan fingerprint density at radius 3 is 1.95 bits per heavy atom. The van der Waals surface area contributed by atoms with Gasteiger partial charge >= 0.3 is 0 Å². The van der Waals surface area contributed by atoms with E-state index in [0.29, 0.717) is 5.69 Å². The summed E-state index contributed by atoms with van der Waals surface area (Å²) in [6.07, 6.45) is 1.65. The van der Waals surface area contributed by atoms with Crippen LogP contribution in [0.1, 0.15) is 27.8 Å². The Labute approximate surface area is 132 Å². The molecule has 0 aliphatic carbocycles. The van der Waals surface area contributed by atoms with Crippen molar-refractivity contribution in [2.75, 3.05) is 4.72 Å². The van der Waals surface area contributed by atoms with Crippen molar-refractivity contribution >= 4 is 21.8 Å². The summed E-state index contributed by atoms with van der Waals surface area (Å²) in [4.78, 5) is 0. The first-order chi connectivity index (χ1) is 10.3. The molecule has 2 aromatic carbocycles. The molecular weight excluding hydrogens is 294 g/mol. The topological polar surface area (TPSA) is 46.2 Å². The van der Waals surface area contributed by atoms with Gasteiger partial charge in [-0.1, -0.05) is 35.4 Å². The lowest BCUT2D eigenvalue weighted by atomic mass is 10.0. The first-order valence-corrected chi connectivity index (χ1v) is 8.67. The molecule has 0 saturated carbocycles. The fourth-order valence-corrected chi connectivity index (χ4v) is 3.28. The van der Waals surface area contributed by atoms with E-state index in [-0.39, 0.29) is 0 Å². The molecule has 0 saturated heterocycles. The minimum absolute atomic E-state index is 0.563. The molecule has 0 fully saturated rings. The van der Waals surface area contributed by atoms with Gasteiger partial charge in [-0.05, 0) is 62.6 Å². The van der Waals surface area contributed by atoms with E-state index in [1.54, 1.807) is 18.2 Å². The van der Waals surface area contributed by atoms with Gasteiger partial charge in [0.1, 0.15) is 0 Å². The third-order valence-corrected chi connectivity index (χ3v) is 4.48. The lowest BCUT2D eigenvalue weighted by Gasteiger charge is -2.08. The summed E-state index contributed by atoms with van der Waals surface area (Å²) in [5.41, 5.74) is 5.91. The molecule has 1 N–H and O–H groups in total. The van der Waals surface area contributed by atoms with Crippen LogP contribution < -0.4 is 4.72 Å². The van der Waals surface area contributed by atoms with Crippen molar-refractivity contribution in [3.05, 3.63) is 69.6 Å². The highest BCUT2D eigenvalue weighted by atomic mass is 32.2.